The van der Waals surface area contributed by atoms with E-state index >= 15 is 0 Å². The largest absolute Gasteiger partial charge is 0.478 e. The number of sulfonamides is 1. The molecule has 4 rings (SSSR count). The fraction of sp³-hybridized carbons (Fsp3) is 0.810. The molecule has 9 heteroatoms. The van der Waals surface area contributed by atoms with E-state index in [-0.39, 0.29) is 23.4 Å². The molecule has 0 spiro atoms. The molecule has 0 unspecified atom stereocenters. The van der Waals surface area contributed by atoms with Gasteiger partial charge < -0.3 is 14.8 Å². The standard InChI is InChI=1S/C21H34N4O4S/c1-3-28-21-20(14(2)23-13-24-21)15-4-6-16(7-5-15)29-12-19-18(10-11-22-19)25-30(26,27)17-8-9-17/h13,15-19,22,25H,3-12H2,1-2H3/t15?,16?,18-,19-/m0/s1. The summed E-state index contributed by atoms with van der Waals surface area (Å²) in [6.45, 7) is 5.97. The summed E-state index contributed by atoms with van der Waals surface area (Å²) in [7, 11) is -3.17. The molecule has 1 aromatic rings. The van der Waals surface area contributed by atoms with E-state index in [1.807, 2.05) is 13.8 Å². The molecule has 1 saturated heterocycles. The first-order chi connectivity index (χ1) is 14.5. The summed E-state index contributed by atoms with van der Waals surface area (Å²) >= 11 is 0. The van der Waals surface area contributed by atoms with Crippen LogP contribution in [0.25, 0.3) is 0 Å². The SMILES string of the molecule is CCOc1ncnc(C)c1C1CCC(OC[C@@H]2NCC[C@@H]2NS(=O)(=O)C2CC2)CC1. The Hall–Kier alpha value is -1.29. The number of ether oxygens (including phenoxy) is 2. The first-order valence-corrected chi connectivity index (χ1v) is 12.8. The van der Waals surface area contributed by atoms with E-state index in [2.05, 4.69) is 20.0 Å². The highest BCUT2D eigenvalue weighted by atomic mass is 32.2. The molecule has 3 aliphatic rings. The van der Waals surface area contributed by atoms with Gasteiger partial charge in [-0.2, -0.15) is 0 Å². The summed E-state index contributed by atoms with van der Waals surface area (Å²) in [4.78, 5) is 8.71. The van der Waals surface area contributed by atoms with Crippen molar-refractivity contribution in [3.63, 3.8) is 0 Å². The van der Waals surface area contributed by atoms with Gasteiger partial charge in [0.15, 0.2) is 0 Å². The first kappa shape index (κ1) is 21.9. The second kappa shape index (κ2) is 9.46. The van der Waals surface area contributed by atoms with Gasteiger partial charge in [-0.1, -0.05) is 0 Å². The molecule has 2 saturated carbocycles. The van der Waals surface area contributed by atoms with E-state index in [1.54, 1.807) is 6.33 Å². The molecule has 3 fully saturated rings. The summed E-state index contributed by atoms with van der Waals surface area (Å²) in [6, 6.07) is -0.0182. The number of nitrogens with zero attached hydrogens (tertiary/aromatic N) is 2. The number of aromatic nitrogens is 2. The second-order valence-corrected chi connectivity index (χ2v) is 10.7. The van der Waals surface area contributed by atoms with Crippen molar-refractivity contribution < 1.29 is 17.9 Å². The average molecular weight is 439 g/mol. The van der Waals surface area contributed by atoms with Gasteiger partial charge in [0, 0.05) is 23.3 Å². The molecule has 168 valence electrons. The third-order valence-corrected chi connectivity index (χ3v) is 8.53. The molecule has 2 heterocycles. The maximum absolute atomic E-state index is 12.3. The zero-order chi connectivity index (χ0) is 21.1. The smallest absolute Gasteiger partial charge is 0.220 e. The Morgan fingerprint density at radius 2 is 1.90 bits per heavy atom. The third-order valence-electron chi connectivity index (χ3n) is 6.55. The molecule has 30 heavy (non-hydrogen) atoms. The van der Waals surface area contributed by atoms with Gasteiger partial charge in [0.1, 0.15) is 6.33 Å². The lowest BCUT2D eigenvalue weighted by molar-refractivity contribution is 0.0124. The lowest BCUT2D eigenvalue weighted by Crippen LogP contribution is -2.47. The highest BCUT2D eigenvalue weighted by Gasteiger charge is 2.40. The van der Waals surface area contributed by atoms with Gasteiger partial charge in [-0.05, 0) is 71.3 Å². The second-order valence-electron chi connectivity index (χ2n) is 8.74. The molecular formula is C21H34N4O4S. The summed E-state index contributed by atoms with van der Waals surface area (Å²) < 4.78 is 39.4. The number of nitrogens with one attached hydrogen (secondary N) is 2. The number of hydrogen-bond acceptors (Lipinski definition) is 7. The predicted molar refractivity (Wildman–Crippen MR) is 114 cm³/mol. The number of rotatable bonds is 9. The third kappa shape index (κ3) is 5.12. The molecule has 0 radical (unpaired) electrons. The summed E-state index contributed by atoms with van der Waals surface area (Å²) in [5.41, 5.74) is 2.14. The highest BCUT2D eigenvalue weighted by Crippen LogP contribution is 2.38. The Kier molecular flexibility index (Phi) is 6.91. The topological polar surface area (TPSA) is 102 Å². The molecule has 1 aliphatic heterocycles. The van der Waals surface area contributed by atoms with Crippen LogP contribution in [0, 0.1) is 6.92 Å². The molecule has 2 aliphatic carbocycles. The van der Waals surface area contributed by atoms with E-state index < -0.39 is 10.0 Å². The normalized spacial score (nSPS) is 29.8. The number of hydrogen-bond donors (Lipinski definition) is 2. The van der Waals surface area contributed by atoms with E-state index in [1.165, 1.54) is 0 Å². The van der Waals surface area contributed by atoms with Crippen molar-refractivity contribution in [2.75, 3.05) is 19.8 Å². The van der Waals surface area contributed by atoms with Crippen LogP contribution in [0.5, 0.6) is 5.88 Å². The van der Waals surface area contributed by atoms with E-state index in [0.717, 1.165) is 68.6 Å². The Labute approximate surface area is 179 Å². The van der Waals surface area contributed by atoms with Gasteiger partial charge in [0.2, 0.25) is 15.9 Å². The Morgan fingerprint density at radius 1 is 1.13 bits per heavy atom. The van der Waals surface area contributed by atoms with E-state index in [4.69, 9.17) is 9.47 Å². The van der Waals surface area contributed by atoms with Crippen molar-refractivity contribution in [1.82, 2.24) is 20.0 Å². The van der Waals surface area contributed by atoms with Gasteiger partial charge in [0.25, 0.3) is 0 Å². The lowest BCUT2D eigenvalue weighted by Gasteiger charge is -2.31. The predicted octanol–water partition coefficient (Wildman–Crippen LogP) is 2.04. The number of aryl methyl sites for hydroxylation is 1. The molecule has 0 bridgehead atoms. The fourth-order valence-corrected chi connectivity index (χ4v) is 6.36. The van der Waals surface area contributed by atoms with Crippen LogP contribution in [-0.4, -0.2) is 61.6 Å². The molecular weight excluding hydrogens is 404 g/mol. The Morgan fingerprint density at radius 3 is 2.60 bits per heavy atom. The van der Waals surface area contributed by atoms with Crippen molar-refractivity contribution in [2.24, 2.45) is 0 Å². The molecule has 0 amide bonds. The summed E-state index contributed by atoms with van der Waals surface area (Å²) in [5, 5.41) is 3.23. The maximum Gasteiger partial charge on any atom is 0.220 e. The Bertz CT molecular complexity index is 822. The minimum Gasteiger partial charge on any atom is -0.478 e. The maximum atomic E-state index is 12.3. The Balaban J connectivity index is 1.27. The van der Waals surface area contributed by atoms with Gasteiger partial charge in [-0.15, -0.1) is 0 Å². The van der Waals surface area contributed by atoms with E-state index in [9.17, 15) is 8.42 Å². The van der Waals surface area contributed by atoms with Crippen LogP contribution >= 0.6 is 0 Å². The van der Waals surface area contributed by atoms with Gasteiger partial charge in [0.05, 0.1) is 24.6 Å². The average Bonchev–Trinajstić information content (AvgIpc) is 3.50. The highest BCUT2D eigenvalue weighted by molar-refractivity contribution is 7.90. The zero-order valence-electron chi connectivity index (χ0n) is 18.0. The fourth-order valence-electron chi connectivity index (χ4n) is 4.71. The van der Waals surface area contributed by atoms with Gasteiger partial charge in [-0.25, -0.2) is 23.1 Å². The van der Waals surface area contributed by atoms with Crippen molar-refractivity contribution in [3.05, 3.63) is 17.6 Å². The zero-order valence-corrected chi connectivity index (χ0v) is 18.8. The van der Waals surface area contributed by atoms with Crippen LogP contribution in [0.1, 0.15) is 69.0 Å². The molecule has 2 atom stereocenters. The first-order valence-electron chi connectivity index (χ1n) is 11.3. The molecule has 1 aromatic heterocycles. The molecule has 2 N–H and O–H groups in total. The van der Waals surface area contributed by atoms with Crippen LogP contribution < -0.4 is 14.8 Å². The van der Waals surface area contributed by atoms with Crippen molar-refractivity contribution >= 4 is 10.0 Å². The van der Waals surface area contributed by atoms with Crippen molar-refractivity contribution in [1.29, 1.82) is 0 Å². The summed E-state index contributed by atoms with van der Waals surface area (Å²) in [5.74, 6) is 1.12. The van der Waals surface area contributed by atoms with Crippen LogP contribution in [-0.2, 0) is 14.8 Å². The molecule has 8 nitrogen and oxygen atoms in total. The van der Waals surface area contributed by atoms with Crippen molar-refractivity contribution in [2.45, 2.75) is 88.1 Å². The van der Waals surface area contributed by atoms with Gasteiger partial charge >= 0.3 is 0 Å². The van der Waals surface area contributed by atoms with Crippen LogP contribution in [0.3, 0.4) is 0 Å². The van der Waals surface area contributed by atoms with E-state index in [0.29, 0.717) is 19.1 Å². The van der Waals surface area contributed by atoms with Gasteiger partial charge in [-0.3, -0.25) is 0 Å². The monoisotopic (exact) mass is 438 g/mol. The van der Waals surface area contributed by atoms with Crippen LogP contribution in [0.2, 0.25) is 0 Å². The minimum absolute atomic E-state index is 0.0468. The lowest BCUT2D eigenvalue weighted by atomic mass is 9.82. The van der Waals surface area contributed by atoms with Crippen LogP contribution in [0.4, 0.5) is 0 Å². The van der Waals surface area contributed by atoms with Crippen molar-refractivity contribution in [3.8, 4) is 5.88 Å². The van der Waals surface area contributed by atoms with Crippen LogP contribution in [0.15, 0.2) is 6.33 Å². The summed E-state index contributed by atoms with van der Waals surface area (Å²) in [6.07, 6.45) is 8.19. The quantitative estimate of drug-likeness (QED) is 0.608. The minimum atomic E-state index is -3.17. The molecule has 0 aromatic carbocycles.